The van der Waals surface area contributed by atoms with Crippen LogP contribution in [0.2, 0.25) is 5.02 Å². The molecule has 0 unspecified atom stereocenters. The van der Waals surface area contributed by atoms with Crippen LogP contribution in [0.4, 0.5) is 0 Å². The summed E-state index contributed by atoms with van der Waals surface area (Å²) in [5.74, 6) is 0. The molecule has 0 atom stereocenters. The average molecular weight is 178 g/mol. The Hall–Kier alpha value is -1.21. The second-order valence-corrected chi connectivity index (χ2v) is 3.09. The second-order valence-electron chi connectivity index (χ2n) is 2.66. The maximum Gasteiger partial charge on any atom is 0.0418 e. The number of benzene rings is 1. The molecular formula is C10H8ClN. The molecule has 0 spiro atoms. The fraction of sp³-hybridized carbons (Fsp3) is 0. The Balaban J connectivity index is 2.88. The number of fused-ring (bicyclic) bond motifs is 1. The van der Waals surface area contributed by atoms with E-state index in [4.69, 9.17) is 11.6 Å². The topological polar surface area (TPSA) is 15.8 Å². The van der Waals surface area contributed by atoms with Crippen LogP contribution < -0.4 is 0 Å². The highest BCUT2D eigenvalue weighted by Crippen LogP contribution is 2.24. The first-order valence-electron chi connectivity index (χ1n) is 3.70. The summed E-state index contributed by atoms with van der Waals surface area (Å²) < 4.78 is 0. The van der Waals surface area contributed by atoms with Gasteiger partial charge in [-0.25, -0.2) is 0 Å². The quantitative estimate of drug-likeness (QED) is 0.687. The molecular weight excluding hydrogens is 170 g/mol. The van der Waals surface area contributed by atoms with Gasteiger partial charge in [-0.1, -0.05) is 24.3 Å². The van der Waals surface area contributed by atoms with Gasteiger partial charge in [-0.05, 0) is 17.7 Å². The fourth-order valence-corrected chi connectivity index (χ4v) is 1.57. The summed E-state index contributed by atoms with van der Waals surface area (Å²) in [6, 6.07) is 3.84. The zero-order chi connectivity index (χ0) is 8.55. The van der Waals surface area contributed by atoms with E-state index in [1.165, 1.54) is 0 Å². The molecule has 0 saturated heterocycles. The van der Waals surface area contributed by atoms with Crippen molar-refractivity contribution in [1.82, 2.24) is 4.98 Å². The van der Waals surface area contributed by atoms with Crippen LogP contribution >= 0.6 is 11.6 Å². The number of halogens is 1. The van der Waals surface area contributed by atoms with E-state index in [0.29, 0.717) is 0 Å². The van der Waals surface area contributed by atoms with Crippen LogP contribution in [0, 0.1) is 0 Å². The Labute approximate surface area is 75.7 Å². The monoisotopic (exact) mass is 177 g/mol. The summed E-state index contributed by atoms with van der Waals surface area (Å²) in [5, 5.41) is 3.03. The Morgan fingerprint density at radius 2 is 2.17 bits per heavy atom. The van der Waals surface area contributed by atoms with Crippen molar-refractivity contribution >= 4 is 28.4 Å². The van der Waals surface area contributed by atoms with Gasteiger partial charge in [-0.15, -0.1) is 0 Å². The molecule has 0 aliphatic carbocycles. The van der Waals surface area contributed by atoms with E-state index in [2.05, 4.69) is 11.6 Å². The van der Waals surface area contributed by atoms with Gasteiger partial charge in [0.05, 0.1) is 0 Å². The van der Waals surface area contributed by atoms with Crippen LogP contribution in [0.25, 0.3) is 16.8 Å². The number of hydrogen-bond acceptors (Lipinski definition) is 0. The van der Waals surface area contributed by atoms with Gasteiger partial charge in [0.25, 0.3) is 0 Å². The highest BCUT2D eigenvalue weighted by Gasteiger charge is 2.00. The SMILES string of the molecule is C=Cc1cc(Cl)cc2c[nH]cc12. The number of H-pyrrole nitrogens is 1. The van der Waals surface area contributed by atoms with Gasteiger partial charge in [0.1, 0.15) is 0 Å². The summed E-state index contributed by atoms with van der Waals surface area (Å²) in [5.41, 5.74) is 1.07. The van der Waals surface area contributed by atoms with E-state index in [1.807, 2.05) is 30.6 Å². The Morgan fingerprint density at radius 1 is 1.33 bits per heavy atom. The van der Waals surface area contributed by atoms with Crippen LogP contribution in [-0.2, 0) is 0 Å². The molecule has 0 aliphatic rings. The molecule has 12 heavy (non-hydrogen) atoms. The predicted octanol–water partition coefficient (Wildman–Crippen LogP) is 3.46. The molecule has 0 bridgehead atoms. The molecule has 2 aromatic rings. The van der Waals surface area contributed by atoms with E-state index >= 15 is 0 Å². The van der Waals surface area contributed by atoms with Crippen molar-refractivity contribution in [3.05, 3.63) is 41.7 Å². The lowest BCUT2D eigenvalue weighted by Gasteiger charge is -1.96. The number of rotatable bonds is 1. The largest absolute Gasteiger partial charge is 0.366 e. The van der Waals surface area contributed by atoms with E-state index in [1.54, 1.807) is 0 Å². The van der Waals surface area contributed by atoms with Gasteiger partial charge in [0.15, 0.2) is 0 Å². The van der Waals surface area contributed by atoms with Crippen molar-refractivity contribution in [1.29, 1.82) is 0 Å². The van der Waals surface area contributed by atoms with E-state index in [9.17, 15) is 0 Å². The van der Waals surface area contributed by atoms with Crippen LogP contribution in [-0.4, -0.2) is 4.98 Å². The molecule has 0 saturated carbocycles. The van der Waals surface area contributed by atoms with Crippen molar-refractivity contribution in [2.45, 2.75) is 0 Å². The molecule has 0 aliphatic heterocycles. The van der Waals surface area contributed by atoms with E-state index < -0.39 is 0 Å². The summed E-state index contributed by atoms with van der Waals surface area (Å²) in [6.45, 7) is 3.73. The summed E-state index contributed by atoms with van der Waals surface area (Å²) >= 11 is 5.90. The highest BCUT2D eigenvalue weighted by atomic mass is 35.5. The van der Waals surface area contributed by atoms with Gasteiger partial charge in [0.2, 0.25) is 0 Å². The molecule has 2 rings (SSSR count). The number of aromatic nitrogens is 1. The Kier molecular flexibility index (Phi) is 1.66. The Morgan fingerprint density at radius 3 is 2.92 bits per heavy atom. The lowest BCUT2D eigenvalue weighted by atomic mass is 10.1. The molecule has 60 valence electrons. The third-order valence-electron chi connectivity index (χ3n) is 1.90. The first kappa shape index (κ1) is 7.44. The maximum atomic E-state index is 5.90. The third kappa shape index (κ3) is 1.03. The van der Waals surface area contributed by atoms with Crippen molar-refractivity contribution in [3.8, 4) is 0 Å². The maximum absolute atomic E-state index is 5.90. The smallest absolute Gasteiger partial charge is 0.0418 e. The van der Waals surface area contributed by atoms with Gasteiger partial charge < -0.3 is 4.98 Å². The van der Waals surface area contributed by atoms with Crippen LogP contribution in [0.5, 0.6) is 0 Å². The Bertz CT molecular complexity index is 428. The zero-order valence-electron chi connectivity index (χ0n) is 6.47. The van der Waals surface area contributed by atoms with Crippen molar-refractivity contribution in [2.75, 3.05) is 0 Å². The van der Waals surface area contributed by atoms with Gasteiger partial charge in [-0.3, -0.25) is 0 Å². The third-order valence-corrected chi connectivity index (χ3v) is 2.11. The highest BCUT2D eigenvalue weighted by molar-refractivity contribution is 6.31. The van der Waals surface area contributed by atoms with Crippen molar-refractivity contribution in [2.24, 2.45) is 0 Å². The fourth-order valence-electron chi connectivity index (χ4n) is 1.33. The first-order chi connectivity index (χ1) is 5.81. The van der Waals surface area contributed by atoms with Crippen molar-refractivity contribution < 1.29 is 0 Å². The second kappa shape index (κ2) is 2.68. The zero-order valence-corrected chi connectivity index (χ0v) is 7.23. The minimum Gasteiger partial charge on any atom is -0.366 e. The normalized spacial score (nSPS) is 10.4. The molecule has 0 fully saturated rings. The van der Waals surface area contributed by atoms with E-state index in [0.717, 1.165) is 21.4 Å². The van der Waals surface area contributed by atoms with Gasteiger partial charge >= 0.3 is 0 Å². The van der Waals surface area contributed by atoms with Crippen LogP contribution in [0.15, 0.2) is 31.1 Å². The van der Waals surface area contributed by atoms with Crippen LogP contribution in [0.3, 0.4) is 0 Å². The van der Waals surface area contributed by atoms with Gasteiger partial charge in [-0.2, -0.15) is 0 Å². The average Bonchev–Trinajstić information content (AvgIpc) is 2.50. The standard InChI is InChI=1S/C10H8ClN/c1-2-7-3-9(11)4-8-5-12-6-10(7)8/h2-6,12H,1H2. The minimum absolute atomic E-state index is 0.747. The number of aromatic amines is 1. The molecule has 0 amide bonds. The summed E-state index contributed by atoms with van der Waals surface area (Å²) in [4.78, 5) is 3.03. The predicted molar refractivity (Wildman–Crippen MR) is 53.4 cm³/mol. The number of nitrogens with one attached hydrogen (secondary N) is 1. The summed E-state index contributed by atoms with van der Waals surface area (Å²) in [6.07, 6.45) is 5.68. The molecule has 1 N–H and O–H groups in total. The molecule has 1 aromatic heterocycles. The first-order valence-corrected chi connectivity index (χ1v) is 4.07. The lowest BCUT2D eigenvalue weighted by molar-refractivity contribution is 1.43. The molecule has 2 heteroatoms. The van der Waals surface area contributed by atoms with Crippen molar-refractivity contribution in [3.63, 3.8) is 0 Å². The molecule has 1 nitrogen and oxygen atoms in total. The van der Waals surface area contributed by atoms with E-state index in [-0.39, 0.29) is 0 Å². The lowest BCUT2D eigenvalue weighted by Crippen LogP contribution is -1.73. The van der Waals surface area contributed by atoms with Crippen LogP contribution in [0.1, 0.15) is 5.56 Å². The number of hydrogen-bond donors (Lipinski definition) is 1. The van der Waals surface area contributed by atoms with Gasteiger partial charge in [0, 0.05) is 28.2 Å². The molecule has 1 heterocycles. The summed E-state index contributed by atoms with van der Waals surface area (Å²) in [7, 11) is 0. The molecule has 1 aromatic carbocycles. The minimum atomic E-state index is 0.747. The molecule has 0 radical (unpaired) electrons.